The van der Waals surface area contributed by atoms with Gasteiger partial charge in [0.1, 0.15) is 0 Å². The standard InChI is InChI=1S/C15H27N3O2/c1-10(2)12-6-9-18(3)13(12)15(20)17-8-5-11-4-7-16-14(11)19/h10-13H,4-9H2,1-3H3,(H,16,19)(H,17,20)/t11-,12?,13?/m1/s1. The molecular weight excluding hydrogens is 254 g/mol. The molecule has 5 nitrogen and oxygen atoms in total. The Labute approximate surface area is 121 Å². The summed E-state index contributed by atoms with van der Waals surface area (Å²) in [6.07, 6.45) is 2.74. The SMILES string of the molecule is CC(C)C1CCN(C)C1C(=O)NCC[C@H]1CCNC1=O. The van der Waals surface area contributed by atoms with Gasteiger partial charge in [-0.1, -0.05) is 13.8 Å². The highest BCUT2D eigenvalue weighted by Crippen LogP contribution is 2.29. The summed E-state index contributed by atoms with van der Waals surface area (Å²) in [5.74, 6) is 1.31. The van der Waals surface area contributed by atoms with Crippen molar-refractivity contribution in [2.24, 2.45) is 17.8 Å². The van der Waals surface area contributed by atoms with Crippen molar-refractivity contribution in [2.45, 2.75) is 39.2 Å². The smallest absolute Gasteiger partial charge is 0.237 e. The molecule has 2 aliphatic heterocycles. The van der Waals surface area contributed by atoms with Crippen molar-refractivity contribution in [3.8, 4) is 0 Å². The maximum Gasteiger partial charge on any atom is 0.237 e. The van der Waals surface area contributed by atoms with Crippen molar-refractivity contribution < 1.29 is 9.59 Å². The van der Waals surface area contributed by atoms with Crippen LogP contribution >= 0.6 is 0 Å². The molecule has 0 radical (unpaired) electrons. The van der Waals surface area contributed by atoms with Crippen LogP contribution in [0, 0.1) is 17.8 Å². The summed E-state index contributed by atoms with van der Waals surface area (Å²) in [5, 5.41) is 5.86. The van der Waals surface area contributed by atoms with Crippen LogP contribution < -0.4 is 10.6 Å². The highest BCUT2D eigenvalue weighted by Gasteiger charge is 2.38. The minimum atomic E-state index is -0.00703. The van der Waals surface area contributed by atoms with E-state index in [0.717, 1.165) is 32.4 Å². The van der Waals surface area contributed by atoms with Crippen LogP contribution in [0.5, 0.6) is 0 Å². The van der Waals surface area contributed by atoms with Crippen LogP contribution in [0.4, 0.5) is 0 Å². The first-order valence-corrected chi connectivity index (χ1v) is 7.76. The summed E-state index contributed by atoms with van der Waals surface area (Å²) >= 11 is 0. The quantitative estimate of drug-likeness (QED) is 0.776. The summed E-state index contributed by atoms with van der Waals surface area (Å²) in [4.78, 5) is 26.0. The number of amides is 2. The number of carbonyl (C=O) groups is 2. The summed E-state index contributed by atoms with van der Waals surface area (Å²) in [5.41, 5.74) is 0. The number of rotatable bonds is 5. The van der Waals surface area contributed by atoms with E-state index >= 15 is 0 Å². The molecule has 0 spiro atoms. The fraction of sp³-hybridized carbons (Fsp3) is 0.867. The lowest BCUT2D eigenvalue weighted by Crippen LogP contribution is -2.46. The fourth-order valence-corrected chi connectivity index (χ4v) is 3.46. The molecule has 2 fully saturated rings. The monoisotopic (exact) mass is 281 g/mol. The van der Waals surface area contributed by atoms with Gasteiger partial charge in [-0.25, -0.2) is 0 Å². The van der Waals surface area contributed by atoms with E-state index in [-0.39, 0.29) is 23.8 Å². The fourth-order valence-electron chi connectivity index (χ4n) is 3.46. The van der Waals surface area contributed by atoms with Crippen LogP contribution in [0.2, 0.25) is 0 Å². The lowest BCUT2D eigenvalue weighted by atomic mass is 9.88. The van der Waals surface area contributed by atoms with Gasteiger partial charge >= 0.3 is 0 Å². The van der Waals surface area contributed by atoms with Gasteiger partial charge in [-0.15, -0.1) is 0 Å². The topological polar surface area (TPSA) is 61.4 Å². The Kier molecular flexibility index (Phi) is 5.02. The average molecular weight is 281 g/mol. The second-order valence-electron chi connectivity index (χ2n) is 6.48. The Balaban J connectivity index is 1.80. The molecule has 0 saturated carbocycles. The Morgan fingerprint density at radius 3 is 2.80 bits per heavy atom. The minimum Gasteiger partial charge on any atom is -0.356 e. The number of likely N-dealkylation sites (tertiary alicyclic amines) is 1. The molecule has 2 unspecified atom stereocenters. The first-order chi connectivity index (χ1) is 9.50. The third-order valence-electron chi connectivity index (χ3n) is 4.78. The maximum absolute atomic E-state index is 12.4. The first kappa shape index (κ1) is 15.3. The van der Waals surface area contributed by atoms with Crippen LogP contribution in [0.1, 0.15) is 33.1 Å². The summed E-state index contributed by atoms with van der Waals surface area (Å²) in [6.45, 7) is 6.75. The highest BCUT2D eigenvalue weighted by molar-refractivity contribution is 5.83. The van der Waals surface area contributed by atoms with Crippen molar-refractivity contribution in [3.05, 3.63) is 0 Å². The zero-order valence-electron chi connectivity index (χ0n) is 12.8. The Bertz CT molecular complexity index is 370. The predicted molar refractivity (Wildman–Crippen MR) is 78.1 cm³/mol. The van der Waals surface area contributed by atoms with Gasteiger partial charge in [0, 0.05) is 19.0 Å². The van der Waals surface area contributed by atoms with E-state index in [9.17, 15) is 9.59 Å². The molecule has 0 aliphatic carbocycles. The summed E-state index contributed by atoms with van der Waals surface area (Å²) in [6, 6.07) is -0.00703. The molecule has 20 heavy (non-hydrogen) atoms. The van der Waals surface area contributed by atoms with Crippen LogP contribution in [0.15, 0.2) is 0 Å². The van der Waals surface area contributed by atoms with E-state index in [0.29, 0.717) is 18.4 Å². The predicted octanol–water partition coefficient (Wildman–Crippen LogP) is 0.605. The zero-order chi connectivity index (χ0) is 14.7. The van der Waals surface area contributed by atoms with Crippen molar-refractivity contribution >= 4 is 11.8 Å². The van der Waals surface area contributed by atoms with Crippen LogP contribution in [-0.2, 0) is 9.59 Å². The molecule has 2 N–H and O–H groups in total. The first-order valence-electron chi connectivity index (χ1n) is 7.76. The Morgan fingerprint density at radius 1 is 1.45 bits per heavy atom. The summed E-state index contributed by atoms with van der Waals surface area (Å²) < 4.78 is 0. The third kappa shape index (κ3) is 3.32. The molecule has 2 heterocycles. The van der Waals surface area contributed by atoms with Gasteiger partial charge in [0.2, 0.25) is 11.8 Å². The number of hydrogen-bond donors (Lipinski definition) is 2. The second kappa shape index (κ2) is 6.57. The van der Waals surface area contributed by atoms with Crippen molar-refractivity contribution in [2.75, 3.05) is 26.7 Å². The van der Waals surface area contributed by atoms with E-state index in [1.165, 1.54) is 0 Å². The highest BCUT2D eigenvalue weighted by atomic mass is 16.2. The molecule has 2 rings (SSSR count). The molecule has 2 amide bonds. The van der Waals surface area contributed by atoms with E-state index < -0.39 is 0 Å². The van der Waals surface area contributed by atoms with Gasteiger partial charge in [0.05, 0.1) is 6.04 Å². The van der Waals surface area contributed by atoms with Gasteiger partial charge in [0.25, 0.3) is 0 Å². The van der Waals surface area contributed by atoms with Crippen molar-refractivity contribution in [3.63, 3.8) is 0 Å². The van der Waals surface area contributed by atoms with E-state index in [1.807, 2.05) is 7.05 Å². The largest absolute Gasteiger partial charge is 0.356 e. The molecule has 2 aliphatic rings. The van der Waals surface area contributed by atoms with E-state index in [2.05, 4.69) is 29.4 Å². The summed E-state index contributed by atoms with van der Waals surface area (Å²) in [7, 11) is 2.02. The van der Waals surface area contributed by atoms with E-state index in [1.54, 1.807) is 0 Å². The van der Waals surface area contributed by atoms with Gasteiger partial charge in [-0.3, -0.25) is 14.5 Å². The second-order valence-corrected chi connectivity index (χ2v) is 6.48. The molecule has 0 aromatic heterocycles. The van der Waals surface area contributed by atoms with Crippen LogP contribution in [-0.4, -0.2) is 49.4 Å². The normalized spacial score (nSPS) is 30.8. The number of nitrogens with zero attached hydrogens (tertiary/aromatic N) is 1. The minimum absolute atomic E-state index is 0.00703. The number of likely N-dealkylation sites (N-methyl/N-ethyl adjacent to an activating group) is 1. The number of nitrogens with one attached hydrogen (secondary N) is 2. The lowest BCUT2D eigenvalue weighted by Gasteiger charge is -2.26. The van der Waals surface area contributed by atoms with Gasteiger partial charge in [-0.2, -0.15) is 0 Å². The molecule has 3 atom stereocenters. The van der Waals surface area contributed by atoms with Crippen LogP contribution in [0.3, 0.4) is 0 Å². The Hall–Kier alpha value is -1.10. The van der Waals surface area contributed by atoms with Crippen molar-refractivity contribution in [1.82, 2.24) is 15.5 Å². The van der Waals surface area contributed by atoms with Crippen molar-refractivity contribution in [1.29, 1.82) is 0 Å². The van der Waals surface area contributed by atoms with Gasteiger partial charge in [0.15, 0.2) is 0 Å². The van der Waals surface area contributed by atoms with Crippen LogP contribution in [0.25, 0.3) is 0 Å². The zero-order valence-corrected chi connectivity index (χ0v) is 12.8. The maximum atomic E-state index is 12.4. The Morgan fingerprint density at radius 2 is 2.20 bits per heavy atom. The molecule has 114 valence electrons. The number of carbonyl (C=O) groups excluding carboxylic acids is 2. The molecular formula is C15H27N3O2. The average Bonchev–Trinajstić information content (AvgIpc) is 2.96. The third-order valence-corrected chi connectivity index (χ3v) is 4.78. The number of hydrogen-bond acceptors (Lipinski definition) is 3. The molecule has 0 aromatic rings. The molecule has 0 aromatic carbocycles. The lowest BCUT2D eigenvalue weighted by molar-refractivity contribution is -0.127. The molecule has 0 bridgehead atoms. The van der Waals surface area contributed by atoms with E-state index in [4.69, 9.17) is 0 Å². The molecule has 5 heteroatoms. The van der Waals surface area contributed by atoms with Gasteiger partial charge in [-0.05, 0) is 44.7 Å². The molecule has 2 saturated heterocycles. The van der Waals surface area contributed by atoms with Gasteiger partial charge < -0.3 is 10.6 Å².